The van der Waals surface area contributed by atoms with Crippen molar-refractivity contribution in [2.45, 2.75) is 0 Å². The highest BCUT2D eigenvalue weighted by Gasteiger charge is 2.08. The van der Waals surface area contributed by atoms with E-state index in [9.17, 15) is 0 Å². The summed E-state index contributed by atoms with van der Waals surface area (Å²) in [5.41, 5.74) is 4.15. The molecule has 0 bridgehead atoms. The van der Waals surface area contributed by atoms with Gasteiger partial charge in [-0.2, -0.15) is 14.9 Å². The summed E-state index contributed by atoms with van der Waals surface area (Å²) in [4.78, 5) is 0. The molecule has 0 saturated heterocycles. The van der Waals surface area contributed by atoms with Gasteiger partial charge in [0.2, 0.25) is 4.77 Å². The maximum Gasteiger partial charge on any atom is 0.216 e. The molecule has 3 aromatic carbocycles. The predicted molar refractivity (Wildman–Crippen MR) is 113 cm³/mol. The van der Waals surface area contributed by atoms with Gasteiger partial charge in [0, 0.05) is 10.6 Å². The number of hydrogen-bond acceptors (Lipinski definition) is 3. The Morgan fingerprint density at radius 1 is 0.889 bits per heavy atom. The molecule has 132 valence electrons. The van der Waals surface area contributed by atoms with Gasteiger partial charge >= 0.3 is 0 Å². The second kappa shape index (κ2) is 7.70. The minimum Gasteiger partial charge on any atom is -0.250 e. The van der Waals surface area contributed by atoms with E-state index < -0.39 is 0 Å². The zero-order valence-corrected chi connectivity index (χ0v) is 15.8. The summed E-state index contributed by atoms with van der Waals surface area (Å²) in [5.74, 6) is 0.611. The van der Waals surface area contributed by atoms with E-state index in [2.05, 4.69) is 39.6 Å². The molecule has 0 atom stereocenters. The number of nitrogens with zero attached hydrogens (tertiary/aromatic N) is 3. The number of benzene rings is 3. The monoisotopic (exact) mass is 390 g/mol. The normalized spacial score (nSPS) is 11.1. The van der Waals surface area contributed by atoms with Gasteiger partial charge in [-0.25, -0.2) is 5.10 Å². The first kappa shape index (κ1) is 17.4. The predicted octanol–water partition coefficient (Wildman–Crippen LogP) is 5.81. The Labute approximate surface area is 166 Å². The van der Waals surface area contributed by atoms with Crippen molar-refractivity contribution in [3.63, 3.8) is 0 Å². The first-order chi connectivity index (χ1) is 13.2. The number of hydrogen-bond donors (Lipinski definition) is 1. The third-order valence-corrected chi connectivity index (χ3v) is 4.57. The average molecular weight is 391 g/mol. The minimum atomic E-state index is 0.419. The molecule has 1 N–H and O–H groups in total. The van der Waals surface area contributed by atoms with Crippen LogP contribution in [0.15, 0.2) is 84.0 Å². The van der Waals surface area contributed by atoms with Crippen molar-refractivity contribution in [3.8, 4) is 22.5 Å². The summed E-state index contributed by atoms with van der Waals surface area (Å²) in [7, 11) is 0. The van der Waals surface area contributed by atoms with Gasteiger partial charge in [-0.3, -0.25) is 0 Å². The van der Waals surface area contributed by atoms with Crippen LogP contribution in [0.2, 0.25) is 5.02 Å². The maximum absolute atomic E-state index is 6.08. The largest absolute Gasteiger partial charge is 0.250 e. The molecule has 0 fully saturated rings. The van der Waals surface area contributed by atoms with Gasteiger partial charge in [0.1, 0.15) is 0 Å². The Bertz CT molecular complexity index is 1140. The number of aromatic amines is 1. The van der Waals surface area contributed by atoms with E-state index >= 15 is 0 Å². The van der Waals surface area contributed by atoms with E-state index in [1.165, 1.54) is 5.56 Å². The number of H-pyrrole nitrogens is 1. The molecule has 27 heavy (non-hydrogen) atoms. The van der Waals surface area contributed by atoms with Crippen LogP contribution in [0.4, 0.5) is 0 Å². The van der Waals surface area contributed by atoms with Crippen LogP contribution in [0.5, 0.6) is 0 Å². The summed E-state index contributed by atoms with van der Waals surface area (Å²) in [5, 5.41) is 12.2. The topological polar surface area (TPSA) is 46.0 Å². The second-order valence-electron chi connectivity index (χ2n) is 5.91. The molecule has 4 aromatic rings. The summed E-state index contributed by atoms with van der Waals surface area (Å²) in [6.07, 6.45) is 1.76. The van der Waals surface area contributed by atoms with Gasteiger partial charge < -0.3 is 0 Å². The zero-order chi connectivity index (χ0) is 18.6. The first-order valence-corrected chi connectivity index (χ1v) is 9.12. The van der Waals surface area contributed by atoms with Crippen LogP contribution in [0.1, 0.15) is 5.56 Å². The van der Waals surface area contributed by atoms with Crippen LogP contribution in [-0.4, -0.2) is 21.1 Å². The lowest BCUT2D eigenvalue weighted by molar-refractivity contribution is 0.871. The van der Waals surface area contributed by atoms with Crippen molar-refractivity contribution in [1.29, 1.82) is 0 Å². The van der Waals surface area contributed by atoms with E-state index in [1.807, 2.05) is 54.6 Å². The Hall–Kier alpha value is -3.02. The maximum atomic E-state index is 6.08. The molecule has 0 aliphatic carbocycles. The van der Waals surface area contributed by atoms with Crippen LogP contribution < -0.4 is 0 Å². The van der Waals surface area contributed by atoms with Gasteiger partial charge in [-0.05, 0) is 41.0 Å². The standard InChI is InChI=1S/C21H15ClN4S/c22-19-8-4-7-18(13-19)20-24-25-21(27)26(20)23-14-15-9-11-17(12-10-15)16-5-2-1-3-6-16/h1-14H,(H,25,27)/b23-14+. The first-order valence-electron chi connectivity index (χ1n) is 8.34. The lowest BCUT2D eigenvalue weighted by Crippen LogP contribution is -1.95. The van der Waals surface area contributed by atoms with Gasteiger partial charge in [-0.15, -0.1) is 0 Å². The number of halogens is 1. The van der Waals surface area contributed by atoms with Crippen molar-refractivity contribution in [3.05, 3.63) is 94.2 Å². The van der Waals surface area contributed by atoms with Crippen molar-refractivity contribution in [2.24, 2.45) is 5.10 Å². The summed E-state index contributed by atoms with van der Waals surface area (Å²) < 4.78 is 2.01. The van der Waals surface area contributed by atoms with E-state index in [4.69, 9.17) is 23.8 Å². The molecule has 1 aromatic heterocycles. The number of aromatic nitrogens is 3. The highest BCUT2D eigenvalue weighted by Crippen LogP contribution is 2.21. The lowest BCUT2D eigenvalue weighted by Gasteiger charge is -2.03. The molecule has 1 heterocycles. The van der Waals surface area contributed by atoms with E-state index in [0.717, 1.165) is 16.7 Å². The van der Waals surface area contributed by atoms with Gasteiger partial charge in [0.25, 0.3) is 0 Å². The van der Waals surface area contributed by atoms with Crippen molar-refractivity contribution < 1.29 is 0 Å². The van der Waals surface area contributed by atoms with Crippen LogP contribution in [0, 0.1) is 4.77 Å². The molecule has 0 aliphatic rings. The fourth-order valence-electron chi connectivity index (χ4n) is 2.73. The molecule has 6 heteroatoms. The summed E-state index contributed by atoms with van der Waals surface area (Å²) >= 11 is 11.4. The second-order valence-corrected chi connectivity index (χ2v) is 6.73. The fraction of sp³-hybridized carbons (Fsp3) is 0. The van der Waals surface area contributed by atoms with Gasteiger partial charge in [0.05, 0.1) is 6.21 Å². The highest BCUT2D eigenvalue weighted by atomic mass is 35.5. The van der Waals surface area contributed by atoms with Crippen molar-refractivity contribution in [2.75, 3.05) is 0 Å². The number of nitrogens with one attached hydrogen (secondary N) is 1. The van der Waals surface area contributed by atoms with Crippen LogP contribution in [-0.2, 0) is 0 Å². The smallest absolute Gasteiger partial charge is 0.216 e. The Morgan fingerprint density at radius 3 is 2.33 bits per heavy atom. The quantitative estimate of drug-likeness (QED) is 0.353. The van der Waals surface area contributed by atoms with Crippen LogP contribution in [0.25, 0.3) is 22.5 Å². The van der Waals surface area contributed by atoms with Gasteiger partial charge in [0.15, 0.2) is 5.82 Å². The molecule has 0 spiro atoms. The molecule has 0 amide bonds. The van der Waals surface area contributed by atoms with E-state index in [1.54, 1.807) is 10.9 Å². The lowest BCUT2D eigenvalue weighted by atomic mass is 10.0. The SMILES string of the molecule is S=c1[nH]nc(-c2cccc(Cl)c2)n1/N=C/c1ccc(-c2ccccc2)cc1. The highest BCUT2D eigenvalue weighted by molar-refractivity contribution is 7.71. The van der Waals surface area contributed by atoms with Crippen molar-refractivity contribution >= 4 is 30.0 Å². The van der Waals surface area contributed by atoms with E-state index in [-0.39, 0.29) is 0 Å². The molecule has 0 aliphatic heterocycles. The molecule has 0 radical (unpaired) electrons. The summed E-state index contributed by atoms with van der Waals surface area (Å²) in [6, 6.07) is 25.9. The Morgan fingerprint density at radius 2 is 1.59 bits per heavy atom. The molecule has 0 unspecified atom stereocenters. The molecule has 4 rings (SSSR count). The number of rotatable bonds is 4. The van der Waals surface area contributed by atoms with Gasteiger partial charge in [-0.1, -0.05) is 78.3 Å². The molecule has 4 nitrogen and oxygen atoms in total. The van der Waals surface area contributed by atoms with Crippen LogP contribution >= 0.6 is 23.8 Å². The summed E-state index contributed by atoms with van der Waals surface area (Å²) in [6.45, 7) is 0. The van der Waals surface area contributed by atoms with Crippen LogP contribution in [0.3, 0.4) is 0 Å². The third kappa shape index (κ3) is 3.89. The zero-order valence-electron chi connectivity index (χ0n) is 14.2. The fourth-order valence-corrected chi connectivity index (χ4v) is 3.10. The molecular formula is C21H15ClN4S. The Kier molecular flexibility index (Phi) is 4.96. The average Bonchev–Trinajstić information content (AvgIpc) is 3.08. The Balaban J connectivity index is 1.62. The van der Waals surface area contributed by atoms with Crippen molar-refractivity contribution in [1.82, 2.24) is 14.9 Å². The molecule has 0 saturated carbocycles. The minimum absolute atomic E-state index is 0.419. The van der Waals surface area contributed by atoms with E-state index in [0.29, 0.717) is 15.6 Å². The molecular weight excluding hydrogens is 376 g/mol. The third-order valence-electron chi connectivity index (χ3n) is 4.07.